The van der Waals surface area contributed by atoms with Crippen molar-refractivity contribution < 1.29 is 9.53 Å². The summed E-state index contributed by atoms with van der Waals surface area (Å²) in [5.74, 6) is 0.284. The fraction of sp³-hybridized carbons (Fsp3) is 0.462. The van der Waals surface area contributed by atoms with Gasteiger partial charge in [0.05, 0.1) is 12.7 Å². The smallest absolute Gasteiger partial charge is 0.120 e. The molecule has 0 radical (unpaired) electrons. The summed E-state index contributed by atoms with van der Waals surface area (Å²) >= 11 is 0. The third-order valence-electron chi connectivity index (χ3n) is 2.63. The highest BCUT2D eigenvalue weighted by Gasteiger charge is 2.11. The lowest BCUT2D eigenvalue weighted by Crippen LogP contribution is -2.18. The molecule has 0 fully saturated rings. The van der Waals surface area contributed by atoms with E-state index < -0.39 is 0 Å². The quantitative estimate of drug-likeness (QED) is 0.669. The summed E-state index contributed by atoms with van der Waals surface area (Å²) < 4.78 is 5.68. The van der Waals surface area contributed by atoms with E-state index in [9.17, 15) is 4.79 Å². The van der Waals surface area contributed by atoms with Gasteiger partial charge < -0.3 is 9.53 Å². The highest BCUT2D eigenvalue weighted by Crippen LogP contribution is 2.12. The SMILES string of the molecule is C[C@H](CC=O)[C@@H](C)OCc1ccccc1. The lowest BCUT2D eigenvalue weighted by Gasteiger charge is -2.18. The van der Waals surface area contributed by atoms with Crippen LogP contribution in [0.25, 0.3) is 0 Å². The fourth-order valence-corrected chi connectivity index (χ4v) is 1.31. The van der Waals surface area contributed by atoms with Crippen molar-refractivity contribution in [1.29, 1.82) is 0 Å². The van der Waals surface area contributed by atoms with Crippen molar-refractivity contribution in [3.05, 3.63) is 35.9 Å². The molecule has 0 aliphatic heterocycles. The Morgan fingerprint density at radius 2 is 1.93 bits per heavy atom. The highest BCUT2D eigenvalue weighted by atomic mass is 16.5. The van der Waals surface area contributed by atoms with E-state index in [-0.39, 0.29) is 12.0 Å². The molecule has 0 aromatic heterocycles. The van der Waals surface area contributed by atoms with Gasteiger partial charge in [0.15, 0.2) is 0 Å². The monoisotopic (exact) mass is 206 g/mol. The molecule has 0 saturated carbocycles. The summed E-state index contributed by atoms with van der Waals surface area (Å²) in [7, 11) is 0. The molecule has 0 heterocycles. The van der Waals surface area contributed by atoms with Crippen molar-refractivity contribution in [1.82, 2.24) is 0 Å². The van der Waals surface area contributed by atoms with Crippen molar-refractivity contribution in [2.75, 3.05) is 0 Å². The molecular weight excluding hydrogens is 188 g/mol. The molecule has 0 N–H and O–H groups in total. The Balaban J connectivity index is 2.34. The summed E-state index contributed by atoms with van der Waals surface area (Å²) in [6.07, 6.45) is 1.64. The van der Waals surface area contributed by atoms with E-state index in [1.54, 1.807) is 0 Å². The van der Waals surface area contributed by atoms with E-state index in [0.717, 1.165) is 6.29 Å². The third kappa shape index (κ3) is 4.26. The maximum Gasteiger partial charge on any atom is 0.120 e. The summed E-state index contributed by atoms with van der Waals surface area (Å²) in [6.45, 7) is 4.66. The van der Waals surface area contributed by atoms with Gasteiger partial charge >= 0.3 is 0 Å². The first-order valence-electron chi connectivity index (χ1n) is 5.33. The van der Waals surface area contributed by atoms with Crippen LogP contribution in [0.15, 0.2) is 30.3 Å². The number of hydrogen-bond donors (Lipinski definition) is 0. The van der Waals surface area contributed by atoms with Crippen molar-refractivity contribution in [3.63, 3.8) is 0 Å². The van der Waals surface area contributed by atoms with Crippen LogP contribution in [0, 0.1) is 5.92 Å². The Bertz CT molecular complexity index is 282. The Morgan fingerprint density at radius 1 is 1.27 bits per heavy atom. The van der Waals surface area contributed by atoms with Crippen LogP contribution in [0.5, 0.6) is 0 Å². The van der Waals surface area contributed by atoms with Crippen LogP contribution in [-0.4, -0.2) is 12.4 Å². The number of hydrogen-bond acceptors (Lipinski definition) is 2. The summed E-state index contributed by atoms with van der Waals surface area (Å²) in [5, 5.41) is 0. The zero-order valence-electron chi connectivity index (χ0n) is 9.35. The number of carbonyl (C=O) groups is 1. The van der Waals surface area contributed by atoms with Crippen LogP contribution in [0.2, 0.25) is 0 Å². The van der Waals surface area contributed by atoms with Crippen molar-refractivity contribution >= 4 is 6.29 Å². The summed E-state index contributed by atoms with van der Waals surface area (Å²) in [4.78, 5) is 10.3. The van der Waals surface area contributed by atoms with Crippen LogP contribution >= 0.6 is 0 Å². The van der Waals surface area contributed by atoms with Gasteiger partial charge in [0.25, 0.3) is 0 Å². The predicted molar refractivity (Wildman–Crippen MR) is 60.5 cm³/mol. The molecule has 82 valence electrons. The Hall–Kier alpha value is -1.15. The minimum Gasteiger partial charge on any atom is -0.374 e. The van der Waals surface area contributed by atoms with Crippen LogP contribution in [0.3, 0.4) is 0 Å². The lowest BCUT2D eigenvalue weighted by molar-refractivity contribution is -0.109. The summed E-state index contributed by atoms with van der Waals surface area (Å²) in [5.41, 5.74) is 1.17. The van der Waals surface area contributed by atoms with E-state index in [1.165, 1.54) is 5.56 Å². The number of ether oxygens (including phenoxy) is 1. The van der Waals surface area contributed by atoms with Crippen LogP contribution in [0.4, 0.5) is 0 Å². The molecule has 0 amide bonds. The van der Waals surface area contributed by atoms with Crippen LogP contribution in [0.1, 0.15) is 25.8 Å². The van der Waals surface area contributed by atoms with E-state index in [4.69, 9.17) is 4.74 Å². The molecule has 2 heteroatoms. The number of carbonyl (C=O) groups excluding carboxylic acids is 1. The molecule has 0 saturated heterocycles. The van der Waals surface area contributed by atoms with Crippen LogP contribution in [-0.2, 0) is 16.1 Å². The van der Waals surface area contributed by atoms with E-state index in [2.05, 4.69) is 0 Å². The number of aldehydes is 1. The molecule has 1 rings (SSSR count). The Morgan fingerprint density at radius 3 is 2.53 bits per heavy atom. The first kappa shape index (κ1) is 11.9. The lowest BCUT2D eigenvalue weighted by atomic mass is 10.0. The van der Waals surface area contributed by atoms with Gasteiger partial charge in [0.1, 0.15) is 6.29 Å². The maximum absolute atomic E-state index is 10.3. The fourth-order valence-electron chi connectivity index (χ4n) is 1.31. The predicted octanol–water partition coefficient (Wildman–Crippen LogP) is 2.82. The van der Waals surface area contributed by atoms with Gasteiger partial charge in [-0.05, 0) is 18.4 Å². The van der Waals surface area contributed by atoms with Gasteiger partial charge in [0, 0.05) is 6.42 Å². The molecule has 2 atom stereocenters. The average molecular weight is 206 g/mol. The Kier molecular flexibility index (Phi) is 5.05. The molecule has 0 aliphatic carbocycles. The van der Waals surface area contributed by atoms with Gasteiger partial charge in [-0.2, -0.15) is 0 Å². The number of benzene rings is 1. The van der Waals surface area contributed by atoms with Gasteiger partial charge in [-0.3, -0.25) is 0 Å². The minimum atomic E-state index is 0.121. The molecule has 0 bridgehead atoms. The molecule has 2 nitrogen and oxygen atoms in total. The maximum atomic E-state index is 10.3. The molecular formula is C13H18O2. The highest BCUT2D eigenvalue weighted by molar-refractivity contribution is 5.49. The molecule has 0 spiro atoms. The van der Waals surface area contributed by atoms with Gasteiger partial charge in [0.2, 0.25) is 0 Å². The summed E-state index contributed by atoms with van der Waals surface area (Å²) in [6, 6.07) is 10.1. The Labute approximate surface area is 91.3 Å². The molecule has 1 aromatic rings. The van der Waals surface area contributed by atoms with E-state index in [1.807, 2.05) is 44.2 Å². The minimum absolute atomic E-state index is 0.121. The standard InChI is InChI=1S/C13H18O2/c1-11(8-9-14)12(2)15-10-13-6-4-3-5-7-13/h3-7,9,11-12H,8,10H2,1-2H3/t11-,12-/m1/s1. The molecule has 0 aliphatic rings. The van der Waals surface area contributed by atoms with Gasteiger partial charge in [-0.25, -0.2) is 0 Å². The number of rotatable bonds is 6. The zero-order valence-corrected chi connectivity index (χ0v) is 9.35. The second kappa shape index (κ2) is 6.36. The third-order valence-corrected chi connectivity index (χ3v) is 2.63. The van der Waals surface area contributed by atoms with Gasteiger partial charge in [-0.1, -0.05) is 37.3 Å². The zero-order chi connectivity index (χ0) is 11.1. The van der Waals surface area contributed by atoms with E-state index in [0.29, 0.717) is 13.0 Å². The van der Waals surface area contributed by atoms with Crippen molar-refractivity contribution in [2.45, 2.75) is 33.0 Å². The van der Waals surface area contributed by atoms with Crippen molar-refractivity contribution in [3.8, 4) is 0 Å². The molecule has 15 heavy (non-hydrogen) atoms. The largest absolute Gasteiger partial charge is 0.374 e. The second-order valence-electron chi connectivity index (χ2n) is 3.88. The first-order valence-corrected chi connectivity index (χ1v) is 5.33. The topological polar surface area (TPSA) is 26.3 Å². The van der Waals surface area contributed by atoms with E-state index >= 15 is 0 Å². The van der Waals surface area contributed by atoms with Crippen LogP contribution < -0.4 is 0 Å². The average Bonchev–Trinajstić information content (AvgIpc) is 2.27. The molecule has 1 aromatic carbocycles. The second-order valence-corrected chi connectivity index (χ2v) is 3.88. The van der Waals surface area contributed by atoms with Crippen molar-refractivity contribution in [2.24, 2.45) is 5.92 Å². The molecule has 0 unspecified atom stereocenters. The van der Waals surface area contributed by atoms with Gasteiger partial charge in [-0.15, -0.1) is 0 Å². The normalized spacial score (nSPS) is 14.5. The first-order chi connectivity index (χ1) is 7.24.